The van der Waals surface area contributed by atoms with Crippen LogP contribution in [0.5, 0.6) is 5.88 Å². The predicted molar refractivity (Wildman–Crippen MR) is 184 cm³/mol. The van der Waals surface area contributed by atoms with Crippen molar-refractivity contribution in [2.24, 2.45) is 23.7 Å². The molecule has 9 nitrogen and oxygen atoms in total. The standard InChI is InChI=1S/C39H36F8N4O5/c1-55-36-27(15-20(17-48-36)25-14-19(7-11-29(25)40)33(39(45,46)47)56-37(54)50-21-3-2-4-21)34(52)51-32-24-10-9-23(26(24)13-18-5-6-18)31(32)35(53)49-22-8-12-30(41)28(16-22)38(42,43)44/h7-8,11-18,21,23-24,31-33H,2-6,9-10H2,1H3,(H,49,53)(H,50,54)(H,51,52)/b26-13-/t23?,24?,31-,32+,33-/m0/s1. The minimum atomic E-state index is -5.07. The highest BCUT2D eigenvalue weighted by molar-refractivity contribution is 5.99. The smallest absolute Gasteiger partial charge is 0.429 e. The molecule has 17 heteroatoms. The lowest BCUT2D eigenvalue weighted by molar-refractivity contribution is -0.206. The molecule has 0 spiro atoms. The molecule has 4 aliphatic carbocycles. The van der Waals surface area contributed by atoms with Gasteiger partial charge in [0.25, 0.3) is 5.91 Å². The number of hydrogen-bond acceptors (Lipinski definition) is 6. The van der Waals surface area contributed by atoms with Crippen molar-refractivity contribution in [2.75, 3.05) is 12.4 Å². The number of hydrogen-bond donors (Lipinski definition) is 3. The van der Waals surface area contributed by atoms with Gasteiger partial charge in [-0.05, 0) is 93.2 Å². The molecule has 0 aliphatic heterocycles. The number of carbonyl (C=O) groups excluding carboxylic acids is 3. The molecule has 3 aromatic rings. The van der Waals surface area contributed by atoms with E-state index in [1.807, 2.05) is 0 Å². The lowest BCUT2D eigenvalue weighted by atomic mass is 9.83. The lowest BCUT2D eigenvalue weighted by Gasteiger charge is -2.30. The highest BCUT2D eigenvalue weighted by Crippen LogP contribution is 2.54. The number of nitrogens with zero attached hydrogens (tertiary/aromatic N) is 1. The quantitative estimate of drug-likeness (QED) is 0.140. The number of carbonyl (C=O) groups is 3. The summed E-state index contributed by atoms with van der Waals surface area (Å²) in [6, 6.07) is 4.55. The summed E-state index contributed by atoms with van der Waals surface area (Å²) in [5.74, 6) is -5.53. The van der Waals surface area contributed by atoms with E-state index in [0.29, 0.717) is 43.7 Å². The van der Waals surface area contributed by atoms with Crippen LogP contribution in [0.25, 0.3) is 11.1 Å². The largest absolute Gasteiger partial charge is 0.480 e. The fourth-order valence-electron chi connectivity index (χ4n) is 7.87. The third-order valence-corrected chi connectivity index (χ3v) is 10.9. The number of rotatable bonds is 10. The maximum absolute atomic E-state index is 15.3. The number of ether oxygens (including phenoxy) is 2. The van der Waals surface area contributed by atoms with Crippen LogP contribution in [0.4, 0.5) is 45.6 Å². The zero-order chi connectivity index (χ0) is 40.1. The van der Waals surface area contributed by atoms with Gasteiger partial charge in [0, 0.05) is 46.6 Å². The summed E-state index contributed by atoms with van der Waals surface area (Å²) in [6.45, 7) is 0. The van der Waals surface area contributed by atoms with Crippen molar-refractivity contribution in [1.29, 1.82) is 0 Å². The number of allylic oxidation sites excluding steroid dienone is 1. The van der Waals surface area contributed by atoms with Crippen LogP contribution in [0.3, 0.4) is 0 Å². The van der Waals surface area contributed by atoms with Gasteiger partial charge in [-0.15, -0.1) is 0 Å². The number of alkyl halides is 6. The summed E-state index contributed by atoms with van der Waals surface area (Å²) in [7, 11) is 1.21. The molecule has 4 aliphatic rings. The molecule has 2 unspecified atom stereocenters. The van der Waals surface area contributed by atoms with E-state index in [4.69, 9.17) is 9.47 Å². The van der Waals surface area contributed by atoms with Gasteiger partial charge in [-0.25, -0.2) is 18.6 Å². The number of fused-ring (bicyclic) bond motifs is 2. The molecule has 2 aromatic carbocycles. The number of alkyl carbamates (subject to hydrolysis) is 1. The van der Waals surface area contributed by atoms with Gasteiger partial charge in [0.05, 0.1) is 18.6 Å². The maximum Gasteiger partial charge on any atom is 0.429 e. The summed E-state index contributed by atoms with van der Waals surface area (Å²) in [6.07, 6.45) is -5.85. The monoisotopic (exact) mass is 792 g/mol. The average molecular weight is 793 g/mol. The normalized spacial score (nSPS) is 23.3. The first kappa shape index (κ1) is 39.0. The van der Waals surface area contributed by atoms with E-state index in [-0.39, 0.29) is 40.6 Å². The number of benzene rings is 2. The second-order valence-corrected chi connectivity index (χ2v) is 14.6. The Labute approximate surface area is 315 Å². The van der Waals surface area contributed by atoms with Gasteiger partial charge >= 0.3 is 18.4 Å². The topological polar surface area (TPSA) is 119 Å². The Morgan fingerprint density at radius 2 is 1.59 bits per heavy atom. The predicted octanol–water partition coefficient (Wildman–Crippen LogP) is 8.67. The van der Waals surface area contributed by atoms with Crippen LogP contribution in [-0.4, -0.2) is 48.3 Å². The van der Waals surface area contributed by atoms with Crippen LogP contribution < -0.4 is 20.7 Å². The molecule has 0 saturated heterocycles. The van der Waals surface area contributed by atoms with E-state index in [9.17, 15) is 45.1 Å². The summed E-state index contributed by atoms with van der Waals surface area (Å²) in [5, 5.41) is 7.72. The number of amides is 3. The molecule has 2 bridgehead atoms. The number of halogens is 8. The van der Waals surface area contributed by atoms with Gasteiger partial charge in [0.2, 0.25) is 17.9 Å². The van der Waals surface area contributed by atoms with E-state index >= 15 is 4.39 Å². The Kier molecular flexibility index (Phi) is 10.5. The third-order valence-electron chi connectivity index (χ3n) is 10.9. The Bertz CT molecular complexity index is 2060. The van der Waals surface area contributed by atoms with Crippen LogP contribution in [-0.2, 0) is 15.7 Å². The van der Waals surface area contributed by atoms with Crippen molar-refractivity contribution in [2.45, 2.75) is 75.5 Å². The maximum atomic E-state index is 15.3. The first-order valence-electron chi connectivity index (χ1n) is 18.1. The fourth-order valence-corrected chi connectivity index (χ4v) is 7.87. The molecule has 1 heterocycles. The zero-order valence-electron chi connectivity index (χ0n) is 29.7. The van der Waals surface area contributed by atoms with Gasteiger partial charge in [0.15, 0.2) is 0 Å². The molecule has 3 amide bonds. The molecule has 4 saturated carbocycles. The molecule has 3 N–H and O–H groups in total. The Hall–Kier alpha value is -5.22. The number of aromatic nitrogens is 1. The Morgan fingerprint density at radius 1 is 0.875 bits per heavy atom. The molecule has 56 heavy (non-hydrogen) atoms. The van der Waals surface area contributed by atoms with Crippen LogP contribution in [0.1, 0.15) is 72.5 Å². The lowest BCUT2D eigenvalue weighted by Crippen LogP contribution is -2.48. The van der Waals surface area contributed by atoms with E-state index in [0.717, 1.165) is 61.4 Å². The molecule has 1 aromatic heterocycles. The van der Waals surface area contributed by atoms with Gasteiger partial charge < -0.3 is 25.4 Å². The number of nitrogens with one attached hydrogen (secondary N) is 3. The van der Waals surface area contributed by atoms with Crippen LogP contribution in [0.2, 0.25) is 0 Å². The molecule has 5 atom stereocenters. The highest BCUT2D eigenvalue weighted by Gasteiger charge is 2.55. The van der Waals surface area contributed by atoms with E-state index in [1.54, 1.807) is 0 Å². The average Bonchev–Trinajstić information content (AvgIpc) is 3.80. The summed E-state index contributed by atoms with van der Waals surface area (Å²) >= 11 is 0. The highest BCUT2D eigenvalue weighted by atomic mass is 19.4. The van der Waals surface area contributed by atoms with E-state index < -0.39 is 76.6 Å². The van der Waals surface area contributed by atoms with Gasteiger partial charge in [-0.2, -0.15) is 26.3 Å². The van der Waals surface area contributed by atoms with Crippen molar-refractivity contribution in [1.82, 2.24) is 15.6 Å². The van der Waals surface area contributed by atoms with Crippen LogP contribution in [0.15, 0.2) is 60.3 Å². The number of pyridine rings is 1. The summed E-state index contributed by atoms with van der Waals surface area (Å²) in [4.78, 5) is 44.4. The van der Waals surface area contributed by atoms with Crippen molar-refractivity contribution >= 4 is 23.6 Å². The SMILES string of the molecule is COc1ncc(-c2cc([C@H](OC(=O)NC3CCC3)C(F)(F)F)ccc2F)cc1C(=O)N[C@@H]1C2CCC(/C2=C/C2CC2)[C@@H]1C(=O)Nc1ccc(F)c(C(F)(F)F)c1. The molecular weight excluding hydrogens is 756 g/mol. The first-order valence-corrected chi connectivity index (χ1v) is 18.1. The van der Waals surface area contributed by atoms with Crippen LogP contribution in [0, 0.1) is 35.3 Å². The van der Waals surface area contributed by atoms with Crippen molar-refractivity contribution in [3.05, 3.63) is 88.6 Å². The third kappa shape index (κ3) is 8.03. The minimum Gasteiger partial charge on any atom is -0.480 e. The van der Waals surface area contributed by atoms with Crippen molar-refractivity contribution in [3.8, 4) is 17.0 Å². The molecule has 7 rings (SSSR count). The van der Waals surface area contributed by atoms with Crippen LogP contribution >= 0.6 is 0 Å². The first-order chi connectivity index (χ1) is 26.5. The Morgan fingerprint density at radius 3 is 2.23 bits per heavy atom. The van der Waals surface area contributed by atoms with E-state index in [2.05, 4.69) is 27.0 Å². The number of anilines is 1. The second-order valence-electron chi connectivity index (χ2n) is 14.6. The second kappa shape index (κ2) is 15.0. The van der Waals surface area contributed by atoms with Gasteiger partial charge in [-0.1, -0.05) is 17.7 Å². The van der Waals surface area contributed by atoms with Gasteiger partial charge in [0.1, 0.15) is 17.2 Å². The molecule has 4 fully saturated rings. The number of methoxy groups -OCH3 is 1. The summed E-state index contributed by atoms with van der Waals surface area (Å²) in [5.41, 5.74) is -2.25. The van der Waals surface area contributed by atoms with E-state index in [1.165, 1.54) is 7.11 Å². The molecule has 0 radical (unpaired) electrons. The fraction of sp³-hybridized carbons (Fsp3) is 0.436. The molecule has 298 valence electrons. The van der Waals surface area contributed by atoms with Gasteiger partial charge in [-0.3, -0.25) is 9.59 Å². The summed E-state index contributed by atoms with van der Waals surface area (Å²) < 4.78 is 122. The van der Waals surface area contributed by atoms with Crippen molar-refractivity contribution < 1.29 is 59.0 Å². The molecular formula is C39H36F8N4O5. The van der Waals surface area contributed by atoms with Crippen molar-refractivity contribution in [3.63, 3.8) is 0 Å². The minimum absolute atomic E-state index is 0.122. The Balaban J connectivity index is 1.17. The zero-order valence-corrected chi connectivity index (χ0v) is 29.7.